The van der Waals surface area contributed by atoms with Crippen LogP contribution >= 0.6 is 0 Å². The first kappa shape index (κ1) is 18.8. The standard InChI is InChI=1S/C20H27FN4/c1-22-20(24-15-17-6-10-18(21)11-7-17)23-14-4-5-16-8-12-19(13-9-16)25(2)3/h6-13H,4-5,14-15H2,1-3H3,(H2,22,23,24). The van der Waals surface area contributed by atoms with Gasteiger partial charge in [-0.25, -0.2) is 4.39 Å². The molecule has 5 heteroatoms. The Hall–Kier alpha value is -2.56. The molecule has 0 atom stereocenters. The number of guanidine groups is 1. The lowest BCUT2D eigenvalue weighted by atomic mass is 10.1. The Morgan fingerprint density at radius 1 is 0.960 bits per heavy atom. The minimum Gasteiger partial charge on any atom is -0.378 e. The summed E-state index contributed by atoms with van der Waals surface area (Å²) < 4.78 is 12.9. The highest BCUT2D eigenvalue weighted by Crippen LogP contribution is 2.13. The molecule has 0 unspecified atom stereocenters. The molecule has 0 saturated heterocycles. The summed E-state index contributed by atoms with van der Waals surface area (Å²) in [4.78, 5) is 6.31. The second-order valence-electron chi connectivity index (χ2n) is 6.14. The van der Waals surface area contributed by atoms with E-state index in [4.69, 9.17) is 0 Å². The minimum absolute atomic E-state index is 0.218. The van der Waals surface area contributed by atoms with Crippen molar-refractivity contribution in [3.05, 3.63) is 65.5 Å². The third-order valence-corrected chi connectivity index (χ3v) is 3.98. The van der Waals surface area contributed by atoms with Crippen molar-refractivity contribution in [2.75, 3.05) is 32.6 Å². The van der Waals surface area contributed by atoms with E-state index in [0.29, 0.717) is 6.54 Å². The maximum Gasteiger partial charge on any atom is 0.191 e. The molecule has 0 heterocycles. The monoisotopic (exact) mass is 342 g/mol. The predicted octanol–water partition coefficient (Wildman–Crippen LogP) is 3.19. The molecule has 2 aromatic rings. The van der Waals surface area contributed by atoms with Crippen molar-refractivity contribution in [3.63, 3.8) is 0 Å². The van der Waals surface area contributed by atoms with E-state index in [1.165, 1.54) is 23.4 Å². The average Bonchev–Trinajstić information content (AvgIpc) is 2.63. The van der Waals surface area contributed by atoms with Crippen LogP contribution in [0.25, 0.3) is 0 Å². The SMILES string of the molecule is CN=C(NCCCc1ccc(N(C)C)cc1)NCc1ccc(F)cc1. The molecule has 0 spiro atoms. The van der Waals surface area contributed by atoms with E-state index in [1.54, 1.807) is 19.2 Å². The lowest BCUT2D eigenvalue weighted by Gasteiger charge is -2.13. The number of halogens is 1. The van der Waals surface area contributed by atoms with Crippen molar-refractivity contribution in [2.24, 2.45) is 4.99 Å². The highest BCUT2D eigenvalue weighted by molar-refractivity contribution is 5.79. The Morgan fingerprint density at radius 3 is 2.20 bits per heavy atom. The van der Waals surface area contributed by atoms with Crippen LogP contribution in [0.1, 0.15) is 17.5 Å². The molecule has 0 fully saturated rings. The second kappa shape index (κ2) is 9.67. The van der Waals surface area contributed by atoms with Crippen LogP contribution in [-0.2, 0) is 13.0 Å². The molecular formula is C20H27FN4. The van der Waals surface area contributed by atoms with Crippen LogP contribution in [0.5, 0.6) is 0 Å². The molecule has 0 amide bonds. The maximum absolute atomic E-state index is 12.9. The zero-order chi connectivity index (χ0) is 18.1. The van der Waals surface area contributed by atoms with Crippen LogP contribution in [0.2, 0.25) is 0 Å². The zero-order valence-electron chi connectivity index (χ0n) is 15.2. The number of benzene rings is 2. The van der Waals surface area contributed by atoms with Gasteiger partial charge < -0.3 is 15.5 Å². The van der Waals surface area contributed by atoms with Gasteiger partial charge in [-0.3, -0.25) is 4.99 Å². The van der Waals surface area contributed by atoms with Crippen molar-refractivity contribution in [1.29, 1.82) is 0 Å². The molecule has 134 valence electrons. The van der Waals surface area contributed by atoms with Crippen LogP contribution in [0, 0.1) is 5.82 Å². The van der Waals surface area contributed by atoms with E-state index < -0.39 is 0 Å². The van der Waals surface area contributed by atoms with Crippen molar-refractivity contribution < 1.29 is 4.39 Å². The van der Waals surface area contributed by atoms with Crippen molar-refractivity contribution in [2.45, 2.75) is 19.4 Å². The number of nitrogens with zero attached hydrogens (tertiary/aromatic N) is 2. The van der Waals surface area contributed by atoms with E-state index in [1.807, 2.05) is 14.1 Å². The largest absolute Gasteiger partial charge is 0.378 e. The van der Waals surface area contributed by atoms with Gasteiger partial charge in [0.2, 0.25) is 0 Å². The van der Waals surface area contributed by atoms with Gasteiger partial charge in [-0.05, 0) is 48.2 Å². The molecule has 2 N–H and O–H groups in total. The summed E-state index contributed by atoms with van der Waals surface area (Å²) in [5, 5.41) is 6.54. The molecule has 0 saturated carbocycles. The third-order valence-electron chi connectivity index (χ3n) is 3.98. The smallest absolute Gasteiger partial charge is 0.191 e. The van der Waals surface area contributed by atoms with E-state index >= 15 is 0 Å². The highest BCUT2D eigenvalue weighted by Gasteiger charge is 2.00. The number of aryl methyl sites for hydroxylation is 1. The number of hydrogen-bond donors (Lipinski definition) is 2. The van der Waals surface area contributed by atoms with Gasteiger partial charge in [0.05, 0.1) is 0 Å². The van der Waals surface area contributed by atoms with Crippen LogP contribution in [-0.4, -0.2) is 33.6 Å². The first-order valence-electron chi connectivity index (χ1n) is 8.53. The average molecular weight is 342 g/mol. The molecule has 4 nitrogen and oxygen atoms in total. The van der Waals surface area contributed by atoms with Crippen LogP contribution in [0.15, 0.2) is 53.5 Å². The molecule has 2 aromatic carbocycles. The van der Waals surface area contributed by atoms with Gasteiger partial charge >= 0.3 is 0 Å². The van der Waals surface area contributed by atoms with Crippen LogP contribution in [0.3, 0.4) is 0 Å². The Kier molecular flexibility index (Phi) is 7.26. The maximum atomic E-state index is 12.9. The van der Waals surface area contributed by atoms with Gasteiger partial charge in [-0.15, -0.1) is 0 Å². The predicted molar refractivity (Wildman–Crippen MR) is 104 cm³/mol. The molecule has 0 aliphatic rings. The summed E-state index contributed by atoms with van der Waals surface area (Å²) in [5.74, 6) is 0.539. The fraction of sp³-hybridized carbons (Fsp3) is 0.350. The molecule has 0 aromatic heterocycles. The fourth-order valence-electron chi connectivity index (χ4n) is 2.47. The Bertz CT molecular complexity index is 663. The van der Waals surface area contributed by atoms with E-state index in [9.17, 15) is 4.39 Å². The number of rotatable bonds is 7. The quantitative estimate of drug-likeness (QED) is 0.461. The second-order valence-corrected chi connectivity index (χ2v) is 6.14. The van der Waals surface area contributed by atoms with Crippen molar-refractivity contribution in [3.8, 4) is 0 Å². The third kappa shape index (κ3) is 6.45. The Balaban J connectivity index is 1.69. The first-order valence-corrected chi connectivity index (χ1v) is 8.53. The van der Waals surface area contributed by atoms with Gasteiger partial charge in [0, 0.05) is 39.9 Å². The molecule has 2 rings (SSSR count). The number of aliphatic imine (C=N–C) groups is 1. The number of hydrogen-bond acceptors (Lipinski definition) is 2. The Labute approximate surface area is 149 Å². The van der Waals surface area contributed by atoms with Gasteiger partial charge in [-0.2, -0.15) is 0 Å². The summed E-state index contributed by atoms with van der Waals surface area (Å²) in [6.07, 6.45) is 2.05. The summed E-state index contributed by atoms with van der Waals surface area (Å²) >= 11 is 0. The van der Waals surface area contributed by atoms with Gasteiger partial charge in [0.1, 0.15) is 5.82 Å². The van der Waals surface area contributed by atoms with E-state index in [2.05, 4.69) is 44.8 Å². The molecule has 0 radical (unpaired) electrons. The normalized spacial score (nSPS) is 11.3. The van der Waals surface area contributed by atoms with Crippen molar-refractivity contribution in [1.82, 2.24) is 10.6 Å². The molecule has 0 bridgehead atoms. The molecular weight excluding hydrogens is 315 g/mol. The highest BCUT2D eigenvalue weighted by atomic mass is 19.1. The first-order chi connectivity index (χ1) is 12.1. The summed E-state index contributed by atoms with van der Waals surface area (Å²) in [6, 6.07) is 15.1. The van der Waals surface area contributed by atoms with Gasteiger partial charge in [0.25, 0.3) is 0 Å². The summed E-state index contributed by atoms with van der Waals surface area (Å²) in [7, 11) is 5.84. The van der Waals surface area contributed by atoms with Gasteiger partial charge in [0.15, 0.2) is 5.96 Å². The summed E-state index contributed by atoms with van der Waals surface area (Å²) in [5.41, 5.74) is 3.57. The Morgan fingerprint density at radius 2 is 1.60 bits per heavy atom. The summed E-state index contributed by atoms with van der Waals surface area (Å²) in [6.45, 7) is 1.46. The topological polar surface area (TPSA) is 39.7 Å². The van der Waals surface area contributed by atoms with Crippen LogP contribution in [0.4, 0.5) is 10.1 Å². The minimum atomic E-state index is -0.218. The van der Waals surface area contributed by atoms with E-state index in [-0.39, 0.29) is 5.82 Å². The van der Waals surface area contributed by atoms with Crippen molar-refractivity contribution >= 4 is 11.6 Å². The zero-order valence-corrected chi connectivity index (χ0v) is 15.2. The molecule has 25 heavy (non-hydrogen) atoms. The lowest BCUT2D eigenvalue weighted by Crippen LogP contribution is -2.37. The number of nitrogens with one attached hydrogen (secondary N) is 2. The van der Waals surface area contributed by atoms with E-state index in [0.717, 1.165) is 30.9 Å². The number of anilines is 1. The molecule has 0 aliphatic carbocycles. The molecule has 0 aliphatic heterocycles. The fourth-order valence-corrected chi connectivity index (χ4v) is 2.47. The van der Waals surface area contributed by atoms with Gasteiger partial charge in [-0.1, -0.05) is 24.3 Å². The van der Waals surface area contributed by atoms with Crippen LogP contribution < -0.4 is 15.5 Å². The lowest BCUT2D eigenvalue weighted by molar-refractivity contribution is 0.626.